The van der Waals surface area contributed by atoms with Gasteiger partial charge in [0.2, 0.25) is 6.41 Å². The molecule has 2 N–H and O–H groups in total. The van der Waals surface area contributed by atoms with E-state index in [2.05, 4.69) is 10.3 Å². The number of rotatable bonds is 3. The Kier molecular flexibility index (Phi) is 5.84. The van der Waals surface area contributed by atoms with Crippen molar-refractivity contribution in [1.82, 2.24) is 15.0 Å². The zero-order valence-corrected chi connectivity index (χ0v) is 13.9. The number of pyridine rings is 2. The highest BCUT2D eigenvalue weighted by atomic mass is 19.1. The quantitative estimate of drug-likeness (QED) is 0.565. The SMILES string of the molecule is Cc1cc(CNC=O)ccc1F.Cc1cc2cccnc2n(O)c1=O. The summed E-state index contributed by atoms with van der Waals surface area (Å²) in [6.07, 6.45) is 2.16. The first-order valence-electron chi connectivity index (χ1n) is 7.52. The van der Waals surface area contributed by atoms with E-state index < -0.39 is 5.56 Å². The highest BCUT2D eigenvalue weighted by Gasteiger charge is 2.04. The summed E-state index contributed by atoms with van der Waals surface area (Å²) in [7, 11) is 0. The van der Waals surface area contributed by atoms with E-state index in [9.17, 15) is 19.2 Å². The van der Waals surface area contributed by atoms with E-state index in [1.807, 2.05) is 0 Å². The van der Waals surface area contributed by atoms with Crippen molar-refractivity contribution in [3.8, 4) is 0 Å². The molecule has 1 aromatic carbocycles. The highest BCUT2D eigenvalue weighted by Crippen LogP contribution is 2.09. The molecule has 0 saturated carbocycles. The summed E-state index contributed by atoms with van der Waals surface area (Å²) < 4.78 is 13.3. The Balaban J connectivity index is 0.000000181. The molecule has 0 aliphatic carbocycles. The maximum absolute atomic E-state index is 12.7. The number of aromatic nitrogens is 2. The molecule has 6 nitrogen and oxygen atoms in total. The minimum atomic E-state index is -0.425. The lowest BCUT2D eigenvalue weighted by Gasteiger charge is -2.02. The van der Waals surface area contributed by atoms with E-state index in [-0.39, 0.29) is 11.5 Å². The molecule has 0 fully saturated rings. The number of hydrogen-bond donors (Lipinski definition) is 2. The van der Waals surface area contributed by atoms with Gasteiger partial charge in [0.15, 0.2) is 5.65 Å². The van der Waals surface area contributed by atoms with E-state index in [1.54, 1.807) is 44.2 Å². The Hall–Kier alpha value is -3.22. The predicted molar refractivity (Wildman–Crippen MR) is 92.0 cm³/mol. The van der Waals surface area contributed by atoms with Crippen LogP contribution in [0.5, 0.6) is 0 Å². The second kappa shape index (κ2) is 8.05. The molecule has 130 valence electrons. The molecule has 0 radical (unpaired) electrons. The molecule has 2 heterocycles. The maximum atomic E-state index is 12.7. The normalized spacial score (nSPS) is 10.0. The third-order valence-corrected chi connectivity index (χ3v) is 3.53. The molecule has 3 aromatic rings. The third-order valence-electron chi connectivity index (χ3n) is 3.53. The lowest BCUT2D eigenvalue weighted by Crippen LogP contribution is -2.20. The summed E-state index contributed by atoms with van der Waals surface area (Å²) in [6.45, 7) is 3.80. The Labute approximate surface area is 143 Å². The van der Waals surface area contributed by atoms with Crippen LogP contribution in [-0.4, -0.2) is 21.3 Å². The van der Waals surface area contributed by atoms with Crippen LogP contribution in [0.3, 0.4) is 0 Å². The molecular formula is C18H18FN3O3. The molecule has 0 spiro atoms. The monoisotopic (exact) mass is 343 g/mol. The summed E-state index contributed by atoms with van der Waals surface area (Å²) in [5.41, 5.74) is 1.87. The number of carbonyl (C=O) groups excluding carboxylic acids is 1. The topological polar surface area (TPSA) is 84.2 Å². The molecule has 25 heavy (non-hydrogen) atoms. The van der Waals surface area contributed by atoms with Gasteiger partial charge in [0.1, 0.15) is 5.82 Å². The van der Waals surface area contributed by atoms with Crippen LogP contribution < -0.4 is 10.9 Å². The van der Waals surface area contributed by atoms with Crippen molar-refractivity contribution in [1.29, 1.82) is 0 Å². The van der Waals surface area contributed by atoms with Gasteiger partial charge in [0.25, 0.3) is 5.56 Å². The maximum Gasteiger partial charge on any atom is 0.287 e. The van der Waals surface area contributed by atoms with Crippen LogP contribution in [0.1, 0.15) is 16.7 Å². The van der Waals surface area contributed by atoms with Crippen molar-refractivity contribution >= 4 is 17.4 Å². The fourth-order valence-corrected chi connectivity index (χ4v) is 2.23. The van der Waals surface area contributed by atoms with Gasteiger partial charge in [0.05, 0.1) is 0 Å². The lowest BCUT2D eigenvalue weighted by molar-refractivity contribution is -0.109. The van der Waals surface area contributed by atoms with E-state index >= 15 is 0 Å². The summed E-state index contributed by atoms with van der Waals surface area (Å²) >= 11 is 0. The van der Waals surface area contributed by atoms with Crippen LogP contribution >= 0.6 is 0 Å². The van der Waals surface area contributed by atoms with Crippen LogP contribution in [0, 0.1) is 19.7 Å². The number of benzene rings is 1. The molecule has 0 atom stereocenters. The van der Waals surface area contributed by atoms with Crippen LogP contribution in [0.4, 0.5) is 4.39 Å². The van der Waals surface area contributed by atoms with Crippen LogP contribution in [-0.2, 0) is 11.3 Å². The molecule has 3 rings (SSSR count). The minimum Gasteiger partial charge on any atom is -0.423 e. The highest BCUT2D eigenvalue weighted by molar-refractivity contribution is 5.74. The van der Waals surface area contributed by atoms with Crippen molar-refractivity contribution in [2.45, 2.75) is 20.4 Å². The second-order valence-electron chi connectivity index (χ2n) is 5.44. The standard InChI is InChI=1S/C9H10FNO.C9H8N2O2/c1-7-4-8(5-11-6-12)2-3-9(7)10;1-6-5-7-3-2-4-10-8(7)11(13)9(6)12/h2-4,6H,5H2,1H3,(H,11,12);2-5,13H,1H3. The van der Waals surface area contributed by atoms with Crippen LogP contribution in [0.2, 0.25) is 0 Å². The minimum absolute atomic E-state index is 0.218. The first kappa shape index (κ1) is 18.1. The summed E-state index contributed by atoms with van der Waals surface area (Å²) in [6, 6.07) is 10.0. The second-order valence-corrected chi connectivity index (χ2v) is 5.44. The molecule has 1 amide bonds. The first-order valence-corrected chi connectivity index (χ1v) is 7.52. The fourth-order valence-electron chi connectivity index (χ4n) is 2.23. The van der Waals surface area contributed by atoms with Crippen LogP contribution in [0.25, 0.3) is 11.0 Å². The molecule has 2 aromatic heterocycles. The number of nitrogens with zero attached hydrogens (tertiary/aromatic N) is 2. The van der Waals surface area contributed by atoms with Gasteiger partial charge in [-0.05, 0) is 49.2 Å². The molecule has 0 aliphatic rings. The number of nitrogens with one attached hydrogen (secondary N) is 1. The number of aryl methyl sites for hydroxylation is 2. The number of fused-ring (bicyclic) bond motifs is 1. The molecule has 0 unspecified atom stereocenters. The van der Waals surface area contributed by atoms with Gasteiger partial charge in [-0.2, -0.15) is 0 Å². The largest absolute Gasteiger partial charge is 0.423 e. The molecular weight excluding hydrogens is 325 g/mol. The van der Waals surface area contributed by atoms with E-state index in [0.717, 1.165) is 10.9 Å². The van der Waals surface area contributed by atoms with Gasteiger partial charge >= 0.3 is 0 Å². The average Bonchev–Trinajstić information content (AvgIpc) is 2.61. The fraction of sp³-hybridized carbons (Fsp3) is 0.167. The van der Waals surface area contributed by atoms with Gasteiger partial charge in [-0.1, -0.05) is 12.1 Å². The smallest absolute Gasteiger partial charge is 0.287 e. The Bertz CT molecular complexity index is 954. The molecule has 0 aliphatic heterocycles. The molecule has 0 saturated heterocycles. The number of hydrogen-bond acceptors (Lipinski definition) is 4. The van der Waals surface area contributed by atoms with Gasteiger partial charge in [-0.25, -0.2) is 9.37 Å². The molecule has 0 bridgehead atoms. The van der Waals surface area contributed by atoms with Crippen molar-refractivity contribution in [2.75, 3.05) is 0 Å². The zero-order chi connectivity index (χ0) is 18.4. The van der Waals surface area contributed by atoms with Gasteiger partial charge in [0, 0.05) is 23.7 Å². The number of halogens is 1. The molecule has 7 heteroatoms. The van der Waals surface area contributed by atoms with Gasteiger partial charge < -0.3 is 10.5 Å². The Morgan fingerprint density at radius 3 is 2.68 bits per heavy atom. The Morgan fingerprint density at radius 1 is 1.24 bits per heavy atom. The van der Waals surface area contributed by atoms with E-state index in [1.165, 1.54) is 12.3 Å². The number of carbonyl (C=O) groups is 1. The predicted octanol–water partition coefficient (Wildman–Crippen LogP) is 2.32. The zero-order valence-electron chi connectivity index (χ0n) is 13.9. The number of amides is 1. The van der Waals surface area contributed by atoms with Crippen molar-refractivity contribution in [3.63, 3.8) is 0 Å². The summed E-state index contributed by atoms with van der Waals surface area (Å²) in [5.74, 6) is -0.218. The van der Waals surface area contributed by atoms with E-state index in [0.29, 0.717) is 28.8 Å². The summed E-state index contributed by atoms with van der Waals surface area (Å²) in [4.78, 5) is 25.1. The van der Waals surface area contributed by atoms with Gasteiger partial charge in [-0.15, -0.1) is 4.73 Å². The third kappa shape index (κ3) is 4.41. The average molecular weight is 343 g/mol. The van der Waals surface area contributed by atoms with Crippen LogP contribution in [0.15, 0.2) is 47.4 Å². The first-order chi connectivity index (χ1) is 11.9. The van der Waals surface area contributed by atoms with E-state index in [4.69, 9.17) is 0 Å². The van der Waals surface area contributed by atoms with Crippen molar-refractivity contribution < 1.29 is 14.4 Å². The summed E-state index contributed by atoms with van der Waals surface area (Å²) in [5, 5.41) is 12.6. The van der Waals surface area contributed by atoms with Gasteiger partial charge in [-0.3, -0.25) is 9.59 Å². The van der Waals surface area contributed by atoms with Crippen molar-refractivity contribution in [2.24, 2.45) is 0 Å². The Morgan fingerprint density at radius 2 is 2.00 bits per heavy atom. The van der Waals surface area contributed by atoms with Crippen molar-refractivity contribution in [3.05, 3.63) is 75.5 Å². The lowest BCUT2D eigenvalue weighted by atomic mass is 10.1.